The minimum atomic E-state index is -4.38. The van der Waals surface area contributed by atoms with Gasteiger partial charge >= 0.3 is 6.18 Å². The lowest BCUT2D eigenvalue weighted by Gasteiger charge is -2.11. The van der Waals surface area contributed by atoms with E-state index in [4.69, 9.17) is 4.74 Å². The minimum absolute atomic E-state index is 0.234. The van der Waals surface area contributed by atoms with Crippen molar-refractivity contribution >= 4 is 27.7 Å². The summed E-state index contributed by atoms with van der Waals surface area (Å²) >= 11 is 5.12. The fraction of sp³-hybridized carbons (Fsp3) is 0.158. The number of aromatic nitrogens is 2. The van der Waals surface area contributed by atoms with Crippen LogP contribution < -0.4 is 4.74 Å². The number of hydrogen-bond donors (Lipinski definition) is 0. The average molecular weight is 455 g/mol. The van der Waals surface area contributed by atoms with Gasteiger partial charge in [-0.15, -0.1) is 11.8 Å². The molecule has 1 aromatic heterocycles. The van der Waals surface area contributed by atoms with Crippen LogP contribution in [0.25, 0.3) is 11.3 Å². The van der Waals surface area contributed by atoms with Gasteiger partial charge in [-0.3, -0.25) is 0 Å². The molecule has 140 valence electrons. The molecule has 0 atom stereocenters. The molecule has 0 bridgehead atoms. The minimum Gasteiger partial charge on any atom is -0.437 e. The molecule has 27 heavy (non-hydrogen) atoms. The van der Waals surface area contributed by atoms with Crippen molar-refractivity contribution in [1.82, 2.24) is 9.97 Å². The molecule has 3 rings (SSSR count). The van der Waals surface area contributed by atoms with E-state index >= 15 is 0 Å². The maximum absolute atomic E-state index is 12.7. The van der Waals surface area contributed by atoms with Gasteiger partial charge in [-0.25, -0.2) is 9.97 Å². The van der Waals surface area contributed by atoms with Crippen molar-refractivity contribution in [3.05, 3.63) is 66.5 Å². The van der Waals surface area contributed by atoms with Gasteiger partial charge in [0.1, 0.15) is 11.4 Å². The number of rotatable bonds is 6. The third-order valence-electron chi connectivity index (χ3n) is 3.53. The number of halogens is 4. The topological polar surface area (TPSA) is 35.0 Å². The smallest absolute Gasteiger partial charge is 0.416 e. The molecule has 0 aliphatic carbocycles. The molecular weight excluding hydrogens is 441 g/mol. The van der Waals surface area contributed by atoms with E-state index < -0.39 is 11.7 Å². The van der Waals surface area contributed by atoms with Crippen molar-refractivity contribution in [3.8, 4) is 22.9 Å². The molecule has 0 N–H and O–H groups in total. The summed E-state index contributed by atoms with van der Waals surface area (Å²) in [6, 6.07) is 12.3. The van der Waals surface area contributed by atoms with Crippen LogP contribution in [0.4, 0.5) is 13.2 Å². The lowest BCUT2D eigenvalue weighted by Crippen LogP contribution is -2.04. The summed E-state index contributed by atoms with van der Waals surface area (Å²) in [5.74, 6) is 1.46. The van der Waals surface area contributed by atoms with Gasteiger partial charge in [0.05, 0.1) is 5.56 Å². The Labute approximate surface area is 167 Å². The lowest BCUT2D eigenvalue weighted by molar-refractivity contribution is -0.137. The maximum Gasteiger partial charge on any atom is 0.416 e. The summed E-state index contributed by atoms with van der Waals surface area (Å²) in [6.07, 6.45) is -1.36. The molecular formula is C19H14BrF3N2OS. The SMILES string of the molecule is FC(F)(F)c1ccc(Oc2nccnc2-c2ccc(SCCBr)cc2)cc1. The number of nitrogens with zero attached hydrogens (tertiary/aromatic N) is 2. The molecule has 3 aromatic rings. The predicted octanol–water partition coefficient (Wildman–Crippen LogP) is 6.44. The number of hydrogen-bond acceptors (Lipinski definition) is 4. The highest BCUT2D eigenvalue weighted by atomic mass is 79.9. The largest absolute Gasteiger partial charge is 0.437 e. The summed E-state index contributed by atoms with van der Waals surface area (Å²) in [7, 11) is 0. The Bertz CT molecular complexity index is 887. The third-order valence-corrected chi connectivity index (χ3v) is 5.47. The molecule has 1 heterocycles. The molecule has 3 nitrogen and oxygen atoms in total. The van der Waals surface area contributed by atoms with Crippen molar-refractivity contribution in [2.75, 3.05) is 11.1 Å². The van der Waals surface area contributed by atoms with Crippen LogP contribution in [0.5, 0.6) is 11.6 Å². The second-order valence-electron chi connectivity index (χ2n) is 5.40. The molecule has 0 aliphatic heterocycles. The average Bonchev–Trinajstić information content (AvgIpc) is 2.67. The highest BCUT2D eigenvalue weighted by Crippen LogP contribution is 2.33. The van der Waals surface area contributed by atoms with Crippen LogP contribution in [0.1, 0.15) is 5.56 Å². The monoisotopic (exact) mass is 454 g/mol. The van der Waals surface area contributed by atoms with Crippen molar-refractivity contribution in [2.45, 2.75) is 11.1 Å². The molecule has 0 saturated carbocycles. The van der Waals surface area contributed by atoms with Crippen LogP contribution in [-0.2, 0) is 6.18 Å². The fourth-order valence-electron chi connectivity index (χ4n) is 2.29. The molecule has 8 heteroatoms. The van der Waals surface area contributed by atoms with Crippen LogP contribution in [0.2, 0.25) is 0 Å². The van der Waals surface area contributed by atoms with Crippen molar-refractivity contribution in [3.63, 3.8) is 0 Å². The van der Waals surface area contributed by atoms with E-state index in [1.807, 2.05) is 24.3 Å². The Morgan fingerprint density at radius 3 is 2.22 bits per heavy atom. The number of ether oxygens (including phenoxy) is 1. The molecule has 0 amide bonds. The first-order valence-corrected chi connectivity index (χ1v) is 10.0. The summed E-state index contributed by atoms with van der Waals surface area (Å²) in [6.45, 7) is 0. The summed E-state index contributed by atoms with van der Waals surface area (Å²) in [5.41, 5.74) is 0.605. The first-order valence-electron chi connectivity index (χ1n) is 7.92. The number of thioether (sulfide) groups is 1. The Morgan fingerprint density at radius 1 is 0.926 bits per heavy atom. The summed E-state index contributed by atoms with van der Waals surface area (Å²) < 4.78 is 43.7. The second kappa shape index (κ2) is 8.75. The lowest BCUT2D eigenvalue weighted by atomic mass is 10.1. The molecule has 0 fully saturated rings. The van der Waals surface area contributed by atoms with Gasteiger partial charge < -0.3 is 4.74 Å². The highest BCUT2D eigenvalue weighted by molar-refractivity contribution is 9.09. The van der Waals surface area contributed by atoms with Gasteiger partial charge in [-0.2, -0.15) is 13.2 Å². The fourth-order valence-corrected chi connectivity index (χ4v) is 3.41. The molecule has 2 aromatic carbocycles. The van der Waals surface area contributed by atoms with Gasteiger partial charge in [0, 0.05) is 33.9 Å². The predicted molar refractivity (Wildman–Crippen MR) is 104 cm³/mol. The van der Waals surface area contributed by atoms with E-state index in [0.717, 1.165) is 33.7 Å². The third kappa shape index (κ3) is 5.23. The quantitative estimate of drug-likeness (QED) is 0.317. The van der Waals surface area contributed by atoms with Crippen LogP contribution in [-0.4, -0.2) is 21.1 Å². The summed E-state index contributed by atoms with van der Waals surface area (Å²) in [5, 5.41) is 0.911. The van der Waals surface area contributed by atoms with Crippen molar-refractivity contribution in [2.24, 2.45) is 0 Å². The molecule has 0 radical (unpaired) electrons. The van der Waals surface area contributed by atoms with Gasteiger partial charge in [0.25, 0.3) is 0 Å². The zero-order valence-corrected chi connectivity index (χ0v) is 16.3. The van der Waals surface area contributed by atoms with Crippen LogP contribution in [0.3, 0.4) is 0 Å². The van der Waals surface area contributed by atoms with Crippen LogP contribution in [0, 0.1) is 0 Å². The normalized spacial score (nSPS) is 11.4. The molecule has 0 unspecified atom stereocenters. The van der Waals surface area contributed by atoms with E-state index in [0.29, 0.717) is 5.69 Å². The maximum atomic E-state index is 12.7. The Kier molecular flexibility index (Phi) is 6.38. The van der Waals surface area contributed by atoms with Crippen molar-refractivity contribution < 1.29 is 17.9 Å². The van der Waals surface area contributed by atoms with Crippen LogP contribution >= 0.6 is 27.7 Å². The molecule has 0 aliphatic rings. The summed E-state index contributed by atoms with van der Waals surface area (Å²) in [4.78, 5) is 9.62. The van der Waals surface area contributed by atoms with Gasteiger partial charge in [-0.05, 0) is 36.4 Å². The first-order chi connectivity index (χ1) is 13.0. The first kappa shape index (κ1) is 19.7. The van der Waals surface area contributed by atoms with Gasteiger partial charge in [-0.1, -0.05) is 28.1 Å². The van der Waals surface area contributed by atoms with E-state index in [-0.39, 0.29) is 11.6 Å². The van der Waals surface area contributed by atoms with Gasteiger partial charge in [0.15, 0.2) is 0 Å². The standard InChI is InChI=1S/C19H14BrF3N2OS/c20-9-12-27-16-7-1-13(2-8-16)17-18(25-11-10-24-17)26-15-5-3-14(4-6-15)19(21,22)23/h1-8,10-11H,9,12H2. The Morgan fingerprint density at radius 2 is 1.59 bits per heavy atom. The highest BCUT2D eigenvalue weighted by Gasteiger charge is 2.30. The molecule has 0 spiro atoms. The zero-order chi connectivity index (χ0) is 19.3. The Balaban J connectivity index is 1.82. The number of benzene rings is 2. The molecule has 0 saturated heterocycles. The zero-order valence-electron chi connectivity index (χ0n) is 13.9. The van der Waals surface area contributed by atoms with E-state index in [2.05, 4.69) is 25.9 Å². The van der Waals surface area contributed by atoms with Crippen molar-refractivity contribution in [1.29, 1.82) is 0 Å². The van der Waals surface area contributed by atoms with E-state index in [9.17, 15) is 13.2 Å². The van der Waals surface area contributed by atoms with E-state index in [1.54, 1.807) is 18.0 Å². The second-order valence-corrected chi connectivity index (χ2v) is 7.36. The number of alkyl halides is 4. The van der Waals surface area contributed by atoms with Gasteiger partial charge in [0.2, 0.25) is 5.88 Å². The Hall–Kier alpha value is -2.06. The van der Waals surface area contributed by atoms with Crippen LogP contribution in [0.15, 0.2) is 65.8 Å². The van der Waals surface area contributed by atoms with E-state index in [1.165, 1.54) is 18.3 Å².